The predicted octanol–water partition coefficient (Wildman–Crippen LogP) is 1.60. The van der Waals surface area contributed by atoms with Crippen LogP contribution >= 0.6 is 11.6 Å². The zero-order valence-electron chi connectivity index (χ0n) is 13.1. The van der Waals surface area contributed by atoms with Crippen LogP contribution in [0.15, 0.2) is 18.6 Å². The molecular formula is C16H20ClN5O. The summed E-state index contributed by atoms with van der Waals surface area (Å²) >= 11 is 6.12. The van der Waals surface area contributed by atoms with Gasteiger partial charge in [-0.3, -0.25) is 9.80 Å². The van der Waals surface area contributed by atoms with Gasteiger partial charge >= 0.3 is 0 Å². The molecule has 0 amide bonds. The van der Waals surface area contributed by atoms with Crippen molar-refractivity contribution in [2.24, 2.45) is 0 Å². The molecule has 6 nitrogen and oxygen atoms in total. The summed E-state index contributed by atoms with van der Waals surface area (Å²) in [5, 5.41) is 1.43. The number of hydrogen-bond acceptors (Lipinski definition) is 5. The van der Waals surface area contributed by atoms with Gasteiger partial charge in [0.1, 0.15) is 23.4 Å². The van der Waals surface area contributed by atoms with Crippen molar-refractivity contribution in [2.45, 2.75) is 31.0 Å². The van der Waals surface area contributed by atoms with E-state index in [0.29, 0.717) is 17.2 Å². The van der Waals surface area contributed by atoms with Gasteiger partial charge in [-0.1, -0.05) is 11.6 Å². The van der Waals surface area contributed by atoms with Crippen molar-refractivity contribution in [3.05, 3.63) is 23.7 Å². The monoisotopic (exact) mass is 333 g/mol. The Hall–Kier alpha value is -1.50. The van der Waals surface area contributed by atoms with Gasteiger partial charge < -0.3 is 9.36 Å². The van der Waals surface area contributed by atoms with Crippen molar-refractivity contribution in [3.63, 3.8) is 0 Å². The van der Waals surface area contributed by atoms with Crippen LogP contribution in [0, 0.1) is 0 Å². The number of hydrogen-bond donors (Lipinski definition) is 0. The van der Waals surface area contributed by atoms with Crippen LogP contribution < -0.4 is 0 Å². The lowest BCUT2D eigenvalue weighted by atomic mass is 9.84. The smallest absolute Gasteiger partial charge is 0.145 e. The molecule has 2 aliphatic rings. The molecule has 0 radical (unpaired) electrons. The van der Waals surface area contributed by atoms with Gasteiger partial charge in [-0.05, 0) is 26.0 Å². The second-order valence-corrected chi connectivity index (χ2v) is 6.94. The molecule has 1 saturated heterocycles. The van der Waals surface area contributed by atoms with Crippen LogP contribution in [0.4, 0.5) is 0 Å². The quantitative estimate of drug-likeness (QED) is 0.631. The van der Waals surface area contributed by atoms with Gasteiger partial charge in [-0.2, -0.15) is 0 Å². The zero-order chi connectivity index (χ0) is 16.0. The van der Waals surface area contributed by atoms with Gasteiger partial charge in [-0.15, -0.1) is 0 Å². The Balaban J connectivity index is 1.45. The Morgan fingerprint density at radius 2 is 2.09 bits per heavy atom. The van der Waals surface area contributed by atoms with Crippen molar-refractivity contribution in [3.8, 4) is 0 Å². The van der Waals surface area contributed by atoms with Gasteiger partial charge in [0.25, 0.3) is 0 Å². The first kappa shape index (κ1) is 15.1. The number of carbonyl (C=O) groups is 1. The minimum Gasteiger partial charge on any atom is -0.329 e. The third-order valence-corrected chi connectivity index (χ3v) is 5.64. The van der Waals surface area contributed by atoms with Gasteiger partial charge in [0, 0.05) is 37.9 Å². The largest absolute Gasteiger partial charge is 0.329 e. The van der Waals surface area contributed by atoms with E-state index >= 15 is 0 Å². The van der Waals surface area contributed by atoms with E-state index in [1.54, 1.807) is 0 Å². The maximum absolute atomic E-state index is 11.2. The SMILES string of the molecule is CN1CCN(C2CC(n3ccc4c(Cl)ncnc43)C2)CC1C=O. The highest BCUT2D eigenvalue weighted by Crippen LogP contribution is 2.38. The molecular weight excluding hydrogens is 314 g/mol. The third kappa shape index (κ3) is 2.55. The first-order valence-electron chi connectivity index (χ1n) is 8.04. The number of aromatic nitrogens is 3. The van der Waals surface area contributed by atoms with E-state index in [1.807, 2.05) is 13.1 Å². The van der Waals surface area contributed by atoms with Crippen LogP contribution in [0.3, 0.4) is 0 Å². The molecule has 0 aromatic carbocycles. The molecule has 2 aromatic heterocycles. The topological polar surface area (TPSA) is 54.3 Å². The summed E-state index contributed by atoms with van der Waals surface area (Å²) in [6, 6.07) is 3.04. The molecule has 2 fully saturated rings. The molecule has 4 rings (SSSR count). The Bertz CT molecular complexity index is 726. The molecule has 2 aromatic rings. The van der Waals surface area contributed by atoms with Crippen LogP contribution in [0.2, 0.25) is 5.15 Å². The number of likely N-dealkylation sites (N-methyl/N-ethyl adjacent to an activating group) is 1. The van der Waals surface area contributed by atoms with E-state index in [1.165, 1.54) is 6.33 Å². The maximum Gasteiger partial charge on any atom is 0.145 e. The molecule has 0 spiro atoms. The average molecular weight is 334 g/mol. The predicted molar refractivity (Wildman–Crippen MR) is 88.7 cm³/mol. The van der Waals surface area contributed by atoms with Gasteiger partial charge in [0.05, 0.1) is 11.4 Å². The van der Waals surface area contributed by atoms with Crippen LogP contribution in [-0.4, -0.2) is 69.4 Å². The van der Waals surface area contributed by atoms with Crippen molar-refractivity contribution >= 4 is 28.9 Å². The van der Waals surface area contributed by atoms with E-state index in [2.05, 4.69) is 30.5 Å². The molecule has 23 heavy (non-hydrogen) atoms. The van der Waals surface area contributed by atoms with Crippen molar-refractivity contribution in [2.75, 3.05) is 26.7 Å². The number of rotatable bonds is 3. The molecule has 3 heterocycles. The van der Waals surface area contributed by atoms with E-state index < -0.39 is 0 Å². The minimum atomic E-state index is 0.0294. The number of halogens is 1. The molecule has 1 atom stereocenters. The highest BCUT2D eigenvalue weighted by Gasteiger charge is 2.38. The number of nitrogens with zero attached hydrogens (tertiary/aromatic N) is 5. The van der Waals surface area contributed by atoms with Crippen molar-refractivity contribution < 1.29 is 4.79 Å². The van der Waals surface area contributed by atoms with Gasteiger partial charge in [-0.25, -0.2) is 9.97 Å². The fourth-order valence-corrected chi connectivity index (χ4v) is 3.91. The maximum atomic E-state index is 11.2. The molecule has 1 aliphatic carbocycles. The first-order chi connectivity index (χ1) is 11.2. The summed E-state index contributed by atoms with van der Waals surface area (Å²) in [7, 11) is 2.02. The normalized spacial score (nSPS) is 29.6. The summed E-state index contributed by atoms with van der Waals surface area (Å²) in [4.78, 5) is 24.2. The Morgan fingerprint density at radius 1 is 1.26 bits per heavy atom. The summed E-state index contributed by atoms with van der Waals surface area (Å²) < 4.78 is 2.21. The minimum absolute atomic E-state index is 0.0294. The zero-order valence-corrected chi connectivity index (χ0v) is 13.9. The molecule has 1 saturated carbocycles. The Kier molecular flexibility index (Phi) is 3.83. The summed E-state index contributed by atoms with van der Waals surface area (Å²) in [5.41, 5.74) is 0.914. The molecule has 1 aliphatic heterocycles. The lowest BCUT2D eigenvalue weighted by molar-refractivity contribution is -0.115. The number of aldehydes is 1. The Labute approximate surface area is 140 Å². The van der Waals surface area contributed by atoms with Crippen LogP contribution in [0.5, 0.6) is 0 Å². The van der Waals surface area contributed by atoms with E-state index in [9.17, 15) is 4.79 Å². The second kappa shape index (κ2) is 5.85. The molecule has 7 heteroatoms. The highest BCUT2D eigenvalue weighted by molar-refractivity contribution is 6.33. The van der Waals surface area contributed by atoms with E-state index in [4.69, 9.17) is 11.6 Å². The summed E-state index contributed by atoms with van der Waals surface area (Å²) in [6.45, 7) is 2.84. The van der Waals surface area contributed by atoms with Crippen LogP contribution in [0.25, 0.3) is 11.0 Å². The van der Waals surface area contributed by atoms with E-state index in [-0.39, 0.29) is 6.04 Å². The summed E-state index contributed by atoms with van der Waals surface area (Å²) in [6.07, 6.45) is 6.85. The Morgan fingerprint density at radius 3 is 2.87 bits per heavy atom. The number of piperazine rings is 1. The van der Waals surface area contributed by atoms with Gasteiger partial charge in [0.15, 0.2) is 0 Å². The second-order valence-electron chi connectivity index (χ2n) is 6.58. The summed E-state index contributed by atoms with van der Waals surface area (Å²) in [5.74, 6) is 0. The average Bonchev–Trinajstić information content (AvgIpc) is 2.93. The van der Waals surface area contributed by atoms with Crippen molar-refractivity contribution in [1.29, 1.82) is 0 Å². The van der Waals surface area contributed by atoms with Crippen LogP contribution in [0.1, 0.15) is 18.9 Å². The lowest BCUT2D eigenvalue weighted by Gasteiger charge is -2.47. The lowest BCUT2D eigenvalue weighted by Crippen LogP contribution is -2.57. The molecule has 1 unspecified atom stereocenters. The molecule has 0 bridgehead atoms. The van der Waals surface area contributed by atoms with Gasteiger partial charge in [0.2, 0.25) is 0 Å². The molecule has 0 N–H and O–H groups in total. The number of fused-ring (bicyclic) bond motifs is 1. The van der Waals surface area contributed by atoms with E-state index in [0.717, 1.165) is 49.8 Å². The fraction of sp³-hybridized carbons (Fsp3) is 0.562. The number of carbonyl (C=O) groups excluding carboxylic acids is 1. The van der Waals surface area contributed by atoms with Crippen molar-refractivity contribution in [1.82, 2.24) is 24.3 Å². The highest BCUT2D eigenvalue weighted by atomic mass is 35.5. The van der Waals surface area contributed by atoms with Crippen LogP contribution in [-0.2, 0) is 4.79 Å². The molecule has 122 valence electrons. The first-order valence-corrected chi connectivity index (χ1v) is 8.42. The third-order valence-electron chi connectivity index (χ3n) is 5.34. The fourth-order valence-electron chi connectivity index (χ4n) is 3.72. The standard InChI is InChI=1S/C16H20ClN5O/c1-20-4-5-21(8-13(20)9-23)11-6-12(7-11)22-3-2-14-15(17)18-10-19-16(14)22/h2-3,9-13H,4-8H2,1H3.